The fraction of sp³-hybridized carbons (Fsp3) is 0.0833. The number of aromatic nitrogens is 1. The average molecular weight is 320 g/mol. The maximum Gasteiger partial charge on any atom is 0.416 e. The first-order valence-electron chi connectivity index (χ1n) is 5.38. The van der Waals surface area contributed by atoms with Gasteiger partial charge in [-0.2, -0.15) is 13.2 Å². The second-order valence-corrected chi connectivity index (χ2v) is 5.22. The van der Waals surface area contributed by atoms with Gasteiger partial charge in [-0.25, -0.2) is 10.8 Å². The summed E-state index contributed by atoms with van der Waals surface area (Å²) in [6.45, 7) is 0. The van der Waals surface area contributed by atoms with Crippen molar-refractivity contribution in [3.8, 4) is 0 Å². The van der Waals surface area contributed by atoms with Crippen molar-refractivity contribution in [1.82, 2.24) is 4.98 Å². The average Bonchev–Trinajstić information content (AvgIpc) is 2.40. The van der Waals surface area contributed by atoms with Crippen molar-refractivity contribution < 1.29 is 13.2 Å². The summed E-state index contributed by atoms with van der Waals surface area (Å²) in [5.41, 5.74) is 1.30. The summed E-state index contributed by atoms with van der Waals surface area (Å²) < 4.78 is 38.3. The molecule has 0 saturated heterocycles. The largest absolute Gasteiger partial charge is 0.416 e. The highest BCUT2D eigenvalue weighted by Crippen LogP contribution is 2.36. The Balaban J connectivity index is 2.39. The molecule has 2 rings (SSSR count). The Morgan fingerprint density at radius 3 is 2.50 bits per heavy atom. The number of anilines is 1. The summed E-state index contributed by atoms with van der Waals surface area (Å²) in [6.07, 6.45) is -4.47. The monoisotopic (exact) mass is 319 g/mol. The molecule has 0 unspecified atom stereocenters. The highest BCUT2D eigenvalue weighted by Gasteiger charge is 2.31. The first-order chi connectivity index (χ1) is 9.40. The summed E-state index contributed by atoms with van der Waals surface area (Å²) in [6, 6.07) is 8.62. The molecule has 3 N–H and O–H groups in total. The lowest BCUT2D eigenvalue weighted by atomic mass is 10.2. The van der Waals surface area contributed by atoms with E-state index in [0.29, 0.717) is 9.92 Å². The zero-order chi connectivity index (χ0) is 14.8. The number of rotatable bonds is 3. The number of nitrogens with zero attached hydrogens (tertiary/aromatic N) is 1. The van der Waals surface area contributed by atoms with Crippen LogP contribution in [0, 0.1) is 0 Å². The molecule has 0 fully saturated rings. The van der Waals surface area contributed by atoms with E-state index in [0.717, 1.165) is 23.9 Å². The van der Waals surface area contributed by atoms with Crippen LogP contribution in [0.5, 0.6) is 0 Å². The normalized spacial score (nSPS) is 11.4. The second kappa shape index (κ2) is 5.90. The predicted octanol–water partition coefficient (Wildman–Crippen LogP) is 4.19. The molecule has 3 nitrogen and oxygen atoms in total. The number of halogens is 4. The third kappa shape index (κ3) is 3.56. The van der Waals surface area contributed by atoms with Crippen molar-refractivity contribution >= 4 is 29.2 Å². The van der Waals surface area contributed by atoms with Crippen LogP contribution in [-0.2, 0) is 6.18 Å². The van der Waals surface area contributed by atoms with E-state index in [1.807, 2.05) is 0 Å². The molecule has 0 aliphatic rings. The number of alkyl halides is 3. The minimum Gasteiger partial charge on any atom is -0.308 e. The van der Waals surface area contributed by atoms with E-state index in [9.17, 15) is 13.2 Å². The van der Waals surface area contributed by atoms with Crippen LogP contribution in [0.2, 0.25) is 5.02 Å². The van der Waals surface area contributed by atoms with Crippen molar-refractivity contribution in [1.29, 1.82) is 0 Å². The number of nitrogens with two attached hydrogens (primary N) is 1. The standard InChI is InChI=1S/C12H9ClF3N3S/c13-8-3-1-2-4-9(8)20-11-6-7(12(14,15)16)5-10(18-11)19-17/h1-6H,17H2,(H,18,19). The van der Waals surface area contributed by atoms with Gasteiger partial charge in [-0.1, -0.05) is 35.5 Å². The molecule has 0 atom stereocenters. The Morgan fingerprint density at radius 2 is 1.90 bits per heavy atom. The van der Waals surface area contributed by atoms with E-state index in [1.54, 1.807) is 24.3 Å². The number of hydrogen-bond donors (Lipinski definition) is 2. The molecule has 0 amide bonds. The SMILES string of the molecule is NNc1cc(C(F)(F)F)cc(Sc2ccccc2Cl)n1. The first kappa shape index (κ1) is 15.0. The van der Waals surface area contributed by atoms with Crippen LogP contribution in [0.3, 0.4) is 0 Å². The van der Waals surface area contributed by atoms with Crippen LogP contribution in [0.1, 0.15) is 5.56 Å². The van der Waals surface area contributed by atoms with Crippen molar-refractivity contribution in [3.63, 3.8) is 0 Å². The first-order valence-corrected chi connectivity index (χ1v) is 6.58. The van der Waals surface area contributed by atoms with Crippen LogP contribution in [-0.4, -0.2) is 4.98 Å². The van der Waals surface area contributed by atoms with E-state index in [4.69, 9.17) is 17.4 Å². The second-order valence-electron chi connectivity index (χ2n) is 3.75. The van der Waals surface area contributed by atoms with E-state index < -0.39 is 11.7 Å². The van der Waals surface area contributed by atoms with Gasteiger partial charge in [-0.05, 0) is 24.3 Å². The minimum atomic E-state index is -4.47. The summed E-state index contributed by atoms with van der Waals surface area (Å²) in [7, 11) is 0. The van der Waals surface area contributed by atoms with Gasteiger partial charge in [0.25, 0.3) is 0 Å². The molecule has 1 aromatic heterocycles. The van der Waals surface area contributed by atoms with Crippen LogP contribution in [0.25, 0.3) is 0 Å². The highest BCUT2D eigenvalue weighted by molar-refractivity contribution is 7.99. The predicted molar refractivity (Wildman–Crippen MR) is 72.6 cm³/mol. The molecule has 2 aromatic rings. The van der Waals surface area contributed by atoms with Gasteiger partial charge >= 0.3 is 6.18 Å². The summed E-state index contributed by atoms with van der Waals surface area (Å²) in [5.74, 6) is 5.08. The number of benzene rings is 1. The molecular formula is C12H9ClF3N3S. The zero-order valence-electron chi connectivity index (χ0n) is 9.91. The minimum absolute atomic E-state index is 0.0608. The molecule has 20 heavy (non-hydrogen) atoms. The van der Waals surface area contributed by atoms with Crippen molar-refractivity contribution in [2.75, 3.05) is 5.43 Å². The van der Waals surface area contributed by atoms with Crippen LogP contribution >= 0.6 is 23.4 Å². The van der Waals surface area contributed by atoms with Gasteiger partial charge in [0.1, 0.15) is 10.8 Å². The smallest absolute Gasteiger partial charge is 0.308 e. The van der Waals surface area contributed by atoms with Gasteiger partial charge in [-0.3, -0.25) is 0 Å². The molecule has 0 radical (unpaired) electrons. The summed E-state index contributed by atoms with van der Waals surface area (Å²) >= 11 is 7.00. The lowest BCUT2D eigenvalue weighted by molar-refractivity contribution is -0.137. The maximum atomic E-state index is 12.8. The number of nitrogens with one attached hydrogen (secondary N) is 1. The molecule has 0 bridgehead atoms. The molecule has 1 aromatic carbocycles. The van der Waals surface area contributed by atoms with E-state index in [-0.39, 0.29) is 10.8 Å². The maximum absolute atomic E-state index is 12.8. The van der Waals surface area contributed by atoms with Crippen molar-refractivity contribution in [3.05, 3.63) is 47.0 Å². The van der Waals surface area contributed by atoms with Crippen LogP contribution in [0.4, 0.5) is 19.0 Å². The Kier molecular flexibility index (Phi) is 4.42. The van der Waals surface area contributed by atoms with Crippen LogP contribution < -0.4 is 11.3 Å². The third-order valence-corrected chi connectivity index (χ3v) is 3.76. The topological polar surface area (TPSA) is 50.9 Å². The molecule has 106 valence electrons. The van der Waals surface area contributed by atoms with Crippen molar-refractivity contribution in [2.45, 2.75) is 16.1 Å². The van der Waals surface area contributed by atoms with Gasteiger partial charge < -0.3 is 5.43 Å². The zero-order valence-corrected chi connectivity index (χ0v) is 11.5. The van der Waals surface area contributed by atoms with E-state index >= 15 is 0 Å². The third-order valence-electron chi connectivity index (χ3n) is 2.33. The number of nitrogen functional groups attached to an aromatic ring is 1. The molecule has 8 heteroatoms. The Labute approximate surface area is 122 Å². The van der Waals surface area contributed by atoms with Gasteiger partial charge in [0, 0.05) is 4.90 Å². The molecule has 0 saturated carbocycles. The van der Waals surface area contributed by atoms with Crippen molar-refractivity contribution in [2.24, 2.45) is 5.84 Å². The molecule has 0 aliphatic heterocycles. The highest BCUT2D eigenvalue weighted by atomic mass is 35.5. The van der Waals surface area contributed by atoms with Gasteiger partial charge in [0.15, 0.2) is 0 Å². The molecule has 1 heterocycles. The van der Waals surface area contributed by atoms with Gasteiger partial charge in [0.2, 0.25) is 0 Å². The molecule has 0 spiro atoms. The Morgan fingerprint density at radius 1 is 1.20 bits per heavy atom. The fourth-order valence-corrected chi connectivity index (χ4v) is 2.55. The van der Waals surface area contributed by atoms with E-state index in [1.165, 1.54) is 0 Å². The molecule has 0 aliphatic carbocycles. The summed E-state index contributed by atoms with van der Waals surface area (Å²) in [4.78, 5) is 4.58. The number of hydrogen-bond acceptors (Lipinski definition) is 4. The van der Waals surface area contributed by atoms with Crippen LogP contribution in [0.15, 0.2) is 46.3 Å². The number of hydrazine groups is 1. The molecular weight excluding hydrogens is 311 g/mol. The quantitative estimate of drug-likeness (QED) is 0.658. The van der Waals surface area contributed by atoms with Gasteiger partial charge in [0.05, 0.1) is 10.6 Å². The Bertz CT molecular complexity index is 619. The summed E-state index contributed by atoms with van der Waals surface area (Å²) in [5, 5.41) is 0.597. The van der Waals surface area contributed by atoms with E-state index in [2.05, 4.69) is 10.4 Å². The lowest BCUT2D eigenvalue weighted by Crippen LogP contribution is -2.12. The lowest BCUT2D eigenvalue weighted by Gasteiger charge is -2.11. The number of pyridine rings is 1. The Hall–Kier alpha value is -1.44. The van der Waals surface area contributed by atoms with Gasteiger partial charge in [-0.15, -0.1) is 0 Å². The fourth-order valence-electron chi connectivity index (χ4n) is 1.44.